The van der Waals surface area contributed by atoms with E-state index >= 15 is 0 Å². The summed E-state index contributed by atoms with van der Waals surface area (Å²) in [6, 6.07) is 12.6. The molecule has 0 unspecified atom stereocenters. The van der Waals surface area contributed by atoms with Gasteiger partial charge in [-0.2, -0.15) is 11.3 Å². The lowest BCUT2D eigenvalue weighted by Crippen LogP contribution is -2.22. The molecule has 3 aromatic rings. The van der Waals surface area contributed by atoms with E-state index in [9.17, 15) is 9.59 Å². The van der Waals surface area contributed by atoms with E-state index in [0.29, 0.717) is 22.5 Å². The van der Waals surface area contributed by atoms with Gasteiger partial charge >= 0.3 is 0 Å². The fourth-order valence-corrected chi connectivity index (χ4v) is 3.90. The van der Waals surface area contributed by atoms with Crippen molar-refractivity contribution in [2.24, 2.45) is 0 Å². The molecule has 0 saturated carbocycles. The van der Waals surface area contributed by atoms with Crippen LogP contribution in [0.2, 0.25) is 0 Å². The summed E-state index contributed by atoms with van der Waals surface area (Å²) in [5.41, 5.74) is 1.28. The Morgan fingerprint density at radius 2 is 1.81 bits per heavy atom. The first-order valence-corrected chi connectivity index (χ1v) is 9.99. The van der Waals surface area contributed by atoms with Crippen LogP contribution >= 0.6 is 22.7 Å². The third kappa shape index (κ3) is 4.59. The number of amides is 1. The van der Waals surface area contributed by atoms with Crippen LogP contribution in [0.4, 0.5) is 0 Å². The maximum atomic E-state index is 12.3. The minimum Gasteiger partial charge on any atom is -0.491 e. The molecule has 0 aliphatic carbocycles. The van der Waals surface area contributed by atoms with E-state index in [1.807, 2.05) is 42.8 Å². The molecule has 1 N–H and O–H groups in total. The fourth-order valence-electron chi connectivity index (χ4n) is 2.36. The van der Waals surface area contributed by atoms with Crippen molar-refractivity contribution in [2.45, 2.75) is 26.5 Å². The molecule has 0 radical (unpaired) electrons. The molecule has 0 saturated heterocycles. The van der Waals surface area contributed by atoms with Gasteiger partial charge in [-0.05, 0) is 61.7 Å². The molecule has 0 aliphatic heterocycles. The van der Waals surface area contributed by atoms with Crippen molar-refractivity contribution in [3.05, 3.63) is 74.1 Å². The Balaban J connectivity index is 1.57. The number of carbonyl (C=O) groups is 2. The van der Waals surface area contributed by atoms with E-state index in [0.717, 1.165) is 10.6 Å². The molecular weight excluding hydrogens is 366 g/mol. The number of nitrogens with one attached hydrogen (secondary N) is 1. The number of hydrogen-bond acceptors (Lipinski definition) is 5. The second kappa shape index (κ2) is 8.29. The second-order valence-corrected chi connectivity index (χ2v) is 7.93. The first-order valence-electron chi connectivity index (χ1n) is 8.23. The Morgan fingerprint density at radius 1 is 1.04 bits per heavy atom. The van der Waals surface area contributed by atoms with Crippen molar-refractivity contribution in [3.8, 4) is 5.75 Å². The van der Waals surface area contributed by atoms with Crippen molar-refractivity contribution >= 4 is 34.4 Å². The summed E-state index contributed by atoms with van der Waals surface area (Å²) in [6.07, 6.45) is 0.0968. The Hall–Kier alpha value is -2.44. The summed E-state index contributed by atoms with van der Waals surface area (Å²) >= 11 is 2.91. The molecule has 1 amide bonds. The molecular formula is C20H19NO3S2. The van der Waals surface area contributed by atoms with Gasteiger partial charge < -0.3 is 10.1 Å². The first kappa shape index (κ1) is 18.4. The zero-order valence-corrected chi connectivity index (χ0v) is 16.2. The molecule has 6 heteroatoms. The average Bonchev–Trinajstić information content (AvgIpc) is 3.31. The van der Waals surface area contributed by atoms with Gasteiger partial charge in [-0.15, -0.1) is 11.3 Å². The first-order chi connectivity index (χ1) is 12.5. The van der Waals surface area contributed by atoms with Crippen LogP contribution in [-0.4, -0.2) is 17.8 Å². The number of ether oxygens (including phenoxy) is 1. The smallest absolute Gasteiger partial charge is 0.251 e. The highest BCUT2D eigenvalue weighted by Crippen LogP contribution is 2.21. The standard InChI is InChI=1S/C20H19NO3S2/c1-13(2)24-16-5-3-14(4-6-16)20(23)21-11-17-7-8-18(26-17)19(22)15-9-10-25-12-15/h3-10,12-13H,11H2,1-2H3,(H,21,23). The minimum absolute atomic E-state index is 0.0227. The summed E-state index contributed by atoms with van der Waals surface area (Å²) in [5, 5.41) is 6.62. The van der Waals surface area contributed by atoms with Crippen LogP contribution in [0.25, 0.3) is 0 Å². The zero-order chi connectivity index (χ0) is 18.5. The molecule has 0 fully saturated rings. The predicted molar refractivity (Wildman–Crippen MR) is 105 cm³/mol. The fraction of sp³-hybridized carbons (Fsp3) is 0.200. The lowest BCUT2D eigenvalue weighted by atomic mass is 10.2. The number of ketones is 1. The van der Waals surface area contributed by atoms with Gasteiger partial charge in [0.15, 0.2) is 0 Å². The van der Waals surface area contributed by atoms with Crippen molar-refractivity contribution < 1.29 is 14.3 Å². The maximum Gasteiger partial charge on any atom is 0.251 e. The molecule has 0 atom stereocenters. The van der Waals surface area contributed by atoms with Crippen LogP contribution in [0.3, 0.4) is 0 Å². The lowest BCUT2D eigenvalue weighted by Gasteiger charge is -2.10. The number of rotatable bonds is 7. The highest BCUT2D eigenvalue weighted by molar-refractivity contribution is 7.14. The summed E-state index contributed by atoms with van der Waals surface area (Å²) in [4.78, 5) is 26.2. The van der Waals surface area contributed by atoms with Gasteiger partial charge in [0.1, 0.15) is 5.75 Å². The van der Waals surface area contributed by atoms with E-state index < -0.39 is 0 Å². The second-order valence-electron chi connectivity index (χ2n) is 5.98. The van der Waals surface area contributed by atoms with E-state index in [4.69, 9.17) is 4.74 Å². The number of thiophene rings is 2. The van der Waals surface area contributed by atoms with E-state index in [2.05, 4.69) is 5.32 Å². The highest BCUT2D eigenvalue weighted by atomic mass is 32.1. The average molecular weight is 386 g/mol. The minimum atomic E-state index is -0.153. The molecule has 134 valence electrons. The van der Waals surface area contributed by atoms with Crippen molar-refractivity contribution in [1.29, 1.82) is 0 Å². The van der Waals surface area contributed by atoms with Crippen LogP contribution in [0, 0.1) is 0 Å². The van der Waals surface area contributed by atoms with Gasteiger partial charge in [0.2, 0.25) is 5.78 Å². The zero-order valence-electron chi connectivity index (χ0n) is 14.5. The SMILES string of the molecule is CC(C)Oc1ccc(C(=O)NCc2ccc(C(=O)c3ccsc3)s2)cc1. The van der Waals surface area contributed by atoms with Crippen molar-refractivity contribution in [3.63, 3.8) is 0 Å². The Bertz CT molecular complexity index is 880. The lowest BCUT2D eigenvalue weighted by molar-refractivity contribution is 0.0950. The largest absolute Gasteiger partial charge is 0.491 e. The summed E-state index contributed by atoms with van der Waals surface area (Å²) in [5.74, 6) is 0.612. The van der Waals surface area contributed by atoms with Crippen LogP contribution < -0.4 is 10.1 Å². The van der Waals surface area contributed by atoms with E-state index in [1.54, 1.807) is 24.3 Å². The molecule has 0 aliphatic rings. The number of hydrogen-bond donors (Lipinski definition) is 1. The van der Waals surface area contributed by atoms with Crippen LogP contribution in [0.1, 0.15) is 44.3 Å². The van der Waals surface area contributed by atoms with Crippen LogP contribution in [-0.2, 0) is 6.54 Å². The molecule has 2 heterocycles. The van der Waals surface area contributed by atoms with Gasteiger partial charge in [-0.3, -0.25) is 9.59 Å². The Morgan fingerprint density at radius 3 is 2.46 bits per heavy atom. The van der Waals surface area contributed by atoms with Gasteiger partial charge in [-0.25, -0.2) is 0 Å². The van der Waals surface area contributed by atoms with E-state index in [-0.39, 0.29) is 17.8 Å². The molecule has 4 nitrogen and oxygen atoms in total. The molecule has 0 spiro atoms. The van der Waals surface area contributed by atoms with Crippen molar-refractivity contribution in [2.75, 3.05) is 0 Å². The number of carbonyl (C=O) groups excluding carboxylic acids is 2. The molecule has 0 bridgehead atoms. The van der Waals surface area contributed by atoms with Gasteiger partial charge in [0.25, 0.3) is 5.91 Å². The quantitative estimate of drug-likeness (QED) is 0.597. The predicted octanol–water partition coefficient (Wildman–Crippen LogP) is 4.76. The highest BCUT2D eigenvalue weighted by Gasteiger charge is 2.13. The van der Waals surface area contributed by atoms with Crippen LogP contribution in [0.15, 0.2) is 53.2 Å². The topological polar surface area (TPSA) is 55.4 Å². The Kier molecular flexibility index (Phi) is 5.85. The van der Waals surface area contributed by atoms with E-state index in [1.165, 1.54) is 22.7 Å². The Labute approximate surface area is 160 Å². The van der Waals surface area contributed by atoms with Gasteiger partial charge in [-0.1, -0.05) is 0 Å². The normalized spacial score (nSPS) is 10.7. The molecule has 2 aromatic heterocycles. The van der Waals surface area contributed by atoms with Gasteiger partial charge in [0, 0.05) is 21.4 Å². The molecule has 1 aromatic carbocycles. The molecule has 26 heavy (non-hydrogen) atoms. The van der Waals surface area contributed by atoms with Crippen LogP contribution in [0.5, 0.6) is 5.75 Å². The number of benzene rings is 1. The summed E-state index contributed by atoms with van der Waals surface area (Å²) in [7, 11) is 0. The summed E-state index contributed by atoms with van der Waals surface area (Å²) < 4.78 is 5.57. The van der Waals surface area contributed by atoms with Gasteiger partial charge in [0.05, 0.1) is 17.5 Å². The third-order valence-electron chi connectivity index (χ3n) is 3.58. The summed E-state index contributed by atoms with van der Waals surface area (Å²) in [6.45, 7) is 4.31. The molecule has 3 rings (SSSR count). The third-order valence-corrected chi connectivity index (χ3v) is 5.35. The maximum absolute atomic E-state index is 12.3. The monoisotopic (exact) mass is 385 g/mol. The van der Waals surface area contributed by atoms with Crippen molar-refractivity contribution in [1.82, 2.24) is 5.32 Å².